The van der Waals surface area contributed by atoms with Gasteiger partial charge in [0, 0.05) is 152 Å². The number of hydrogen-bond acceptors (Lipinski definition) is 15. The van der Waals surface area contributed by atoms with E-state index in [9.17, 15) is 31.1 Å². The number of carbonyl (C=O) groups excluding carboxylic acids is 1. The summed E-state index contributed by atoms with van der Waals surface area (Å²) in [4.78, 5) is 31.7. The molecule has 0 spiro atoms. The topological polar surface area (TPSA) is 217 Å². The first-order chi connectivity index (χ1) is 45.2. The number of amides is 1. The summed E-state index contributed by atoms with van der Waals surface area (Å²) in [5.41, 5.74) is 4.73. The molecule has 3 saturated heterocycles. The van der Waals surface area contributed by atoms with E-state index in [2.05, 4.69) is 148 Å². The second-order valence-electron chi connectivity index (χ2n) is 26.9. The van der Waals surface area contributed by atoms with Crippen molar-refractivity contribution < 1.29 is 50.6 Å². The van der Waals surface area contributed by atoms with Crippen LogP contribution < -0.4 is 21.2 Å². The summed E-state index contributed by atoms with van der Waals surface area (Å²) in [7, 11) is -3.23. The van der Waals surface area contributed by atoms with Crippen molar-refractivity contribution in [2.75, 3.05) is 75.0 Å². The first-order valence-electron chi connectivity index (χ1n) is 31.5. The van der Waals surface area contributed by atoms with Gasteiger partial charge in [0.15, 0.2) is 11.6 Å². The van der Waals surface area contributed by atoms with Crippen LogP contribution in [-0.2, 0) is 27.7 Å². The standard InChI is InChI=1S/C19H16BrF2N5O.2C19H27BrF2N4OSi.C6H15ClOSi.H4N2O/c20-14-7-5-13(6-8-14)17(28)23-18(26-11-9-19(21,22)10-12-26)27-16-4-2-1-3-15(16)24-25-27;1-28(2,3)13-12-27-14-26-17(15-4-6-16(20)7-5-15)23-18(24-26)25-10-8-19(21,22)9-11-25;1-28(2,3)13-12-27-14-26-18(25-10-8-19(21,22)9-11-25)23-17(24-26)15-4-6-16(20)7-5-15;1-9(2,3)5-4-8-6-7;1-2-3/h1-8H,9-12H2;2*4-7H,8-14H2,1-3H3;4-6H2,1-3H3;2-3H,1H2. The molecule has 3 fully saturated rings. The molecule has 0 atom stereocenters. The number of ether oxygens (including phenoxy) is 3. The zero-order valence-corrected chi connectivity index (χ0v) is 64.4. The van der Waals surface area contributed by atoms with E-state index >= 15 is 0 Å². The van der Waals surface area contributed by atoms with Crippen LogP contribution >= 0.6 is 59.4 Å². The van der Waals surface area contributed by atoms with Crippen LogP contribution in [0.5, 0.6) is 0 Å². The van der Waals surface area contributed by atoms with Crippen LogP contribution in [0.25, 0.3) is 33.8 Å². The molecule has 528 valence electrons. The van der Waals surface area contributed by atoms with Gasteiger partial charge in [0.05, 0.1) is 5.52 Å². The lowest BCUT2D eigenvalue weighted by Crippen LogP contribution is -2.46. The Morgan fingerprint density at radius 1 is 0.604 bits per heavy atom. The zero-order chi connectivity index (χ0) is 70.5. The van der Waals surface area contributed by atoms with Gasteiger partial charge in [0.1, 0.15) is 25.0 Å². The van der Waals surface area contributed by atoms with Crippen molar-refractivity contribution in [2.24, 2.45) is 10.8 Å². The Hall–Kier alpha value is -4.98. The summed E-state index contributed by atoms with van der Waals surface area (Å²) in [5.74, 6) is -1.65. The Balaban J connectivity index is 0.000000209. The number of alkyl halides is 7. The van der Waals surface area contributed by atoms with Gasteiger partial charge in [0.2, 0.25) is 17.9 Å². The fraction of sp³-hybridized carbons (Fsp3) is 0.524. The molecule has 3 aromatic heterocycles. The average Bonchev–Trinajstić information content (AvgIpc) is 1.79. The molecule has 7 aromatic rings. The smallest absolute Gasteiger partial charge is 0.280 e. The molecule has 6 heterocycles. The number of nitrogens with zero attached hydrogens (tertiary/aromatic N) is 13. The molecule has 1 amide bonds. The first-order valence-corrected chi connectivity index (χ1v) is 45.6. The molecule has 4 aromatic carbocycles. The third kappa shape index (κ3) is 27.3. The van der Waals surface area contributed by atoms with Crippen LogP contribution in [0.1, 0.15) is 48.9 Å². The number of carbonyl (C=O) groups is 1. The number of nitrogens with one attached hydrogen (secondary N) is 1. The van der Waals surface area contributed by atoms with Gasteiger partial charge >= 0.3 is 0 Å². The lowest BCUT2D eigenvalue weighted by molar-refractivity contribution is -0.0440. The number of para-hydroxylation sites is 1. The molecule has 0 bridgehead atoms. The molecule has 10 rings (SSSR count). The molecule has 96 heavy (non-hydrogen) atoms. The second kappa shape index (κ2) is 36.9. The summed E-state index contributed by atoms with van der Waals surface area (Å²) in [6.45, 7) is 24.8. The number of benzene rings is 4. The number of hydrogen-bond donors (Lipinski definition) is 3. The Labute approximate surface area is 591 Å². The quantitative estimate of drug-likeness (QED) is 0.0100. The van der Waals surface area contributed by atoms with Gasteiger partial charge < -0.3 is 34.1 Å². The number of rotatable bonds is 19. The van der Waals surface area contributed by atoms with Crippen molar-refractivity contribution in [1.82, 2.24) is 55.0 Å². The van der Waals surface area contributed by atoms with Gasteiger partial charge in [-0.05, 0) is 78.8 Å². The van der Waals surface area contributed by atoms with E-state index in [1.807, 2.05) is 70.5 Å². The summed E-state index contributed by atoms with van der Waals surface area (Å²) in [6.07, 6.45) is -1.26. The van der Waals surface area contributed by atoms with Gasteiger partial charge in [-0.2, -0.15) is 19.6 Å². The Bertz CT molecular complexity index is 3520. The van der Waals surface area contributed by atoms with Crippen molar-refractivity contribution in [3.05, 3.63) is 116 Å². The van der Waals surface area contributed by atoms with Gasteiger partial charge in [-0.1, -0.05) is 160 Å². The average molecular weight is 1610 g/mol. The fourth-order valence-corrected chi connectivity index (χ4v) is 12.5. The van der Waals surface area contributed by atoms with Gasteiger partial charge in [-0.15, -0.1) is 20.9 Å². The third-order valence-corrected chi connectivity index (χ3v) is 22.0. The number of aliphatic imine (C=N–C) groups is 1. The van der Waals surface area contributed by atoms with Gasteiger partial charge in [0.25, 0.3) is 23.7 Å². The number of aromatic nitrogens is 9. The second-order valence-corrected chi connectivity index (χ2v) is 46.7. The van der Waals surface area contributed by atoms with Crippen molar-refractivity contribution >= 4 is 118 Å². The summed E-state index contributed by atoms with van der Waals surface area (Å²) in [6, 6.07) is 33.2. The Morgan fingerprint density at radius 3 is 1.53 bits per heavy atom. The number of fused-ring (bicyclic) bond motifs is 1. The zero-order valence-electron chi connectivity index (χ0n) is 55.8. The maximum atomic E-state index is 13.6. The van der Waals surface area contributed by atoms with Crippen LogP contribution in [0.2, 0.25) is 77.1 Å². The molecular weight excluding hydrogens is 1520 g/mol. The minimum Gasteiger partial charge on any atom is -0.366 e. The third-order valence-electron chi connectivity index (χ3n) is 15.2. The summed E-state index contributed by atoms with van der Waals surface area (Å²) < 4.78 is 106. The highest BCUT2D eigenvalue weighted by Crippen LogP contribution is 2.34. The highest BCUT2D eigenvalue weighted by molar-refractivity contribution is 9.11. The number of piperidine rings is 3. The largest absolute Gasteiger partial charge is 0.366 e. The Kier molecular flexibility index (Phi) is 30.8. The monoisotopic (exact) mass is 1610 g/mol. The van der Waals surface area contributed by atoms with E-state index in [4.69, 9.17) is 31.0 Å². The van der Waals surface area contributed by atoms with Crippen molar-refractivity contribution in [2.45, 2.75) is 147 Å². The normalized spacial score (nSPS) is 16.3. The van der Waals surface area contributed by atoms with Crippen molar-refractivity contribution in [3.63, 3.8) is 0 Å². The predicted octanol–water partition coefficient (Wildman–Crippen LogP) is 15.9. The molecule has 20 nitrogen and oxygen atoms in total. The van der Waals surface area contributed by atoms with E-state index in [0.717, 1.165) is 43.2 Å². The van der Waals surface area contributed by atoms with E-state index in [1.54, 1.807) is 50.7 Å². The molecule has 0 radical (unpaired) electrons. The SMILES string of the molecule is C[Si](C)(C)CCOCCl.C[Si](C)(C)CCOCn1nc(-c2ccc(Br)cc2)nc1N1CCC(F)(F)CC1.C[Si](C)(C)CCOCn1nc(N2CCC(F)(F)CC2)nc1-c1ccc(Br)cc1.NNO.O=C(N=C(N1CCC(F)(F)CC1)n1nnc2ccccc21)c1ccc(Br)cc1. The maximum Gasteiger partial charge on any atom is 0.280 e. The molecule has 4 N–H and O–H groups in total. The molecular formula is C63H89Br3ClF6N15O5Si3. The fourth-order valence-electron chi connectivity index (χ4n) is 9.35. The number of hydrazine groups is 1. The molecule has 0 unspecified atom stereocenters. The van der Waals surface area contributed by atoms with Gasteiger partial charge in [-0.25, -0.2) is 41.5 Å². The predicted molar refractivity (Wildman–Crippen MR) is 386 cm³/mol. The lowest BCUT2D eigenvalue weighted by Gasteiger charge is -2.33. The number of nitrogens with two attached hydrogens (primary N) is 1. The van der Waals surface area contributed by atoms with Crippen molar-refractivity contribution in [1.29, 1.82) is 0 Å². The Morgan fingerprint density at radius 2 is 1.04 bits per heavy atom. The first kappa shape index (κ1) is 80.0. The van der Waals surface area contributed by atoms with E-state index in [-0.39, 0.29) is 90.5 Å². The van der Waals surface area contributed by atoms with Crippen LogP contribution in [0, 0.1) is 0 Å². The molecule has 0 aliphatic carbocycles. The number of halogens is 10. The lowest BCUT2D eigenvalue weighted by atomic mass is 10.1. The van der Waals surface area contributed by atoms with E-state index in [1.165, 1.54) is 16.3 Å². The van der Waals surface area contributed by atoms with E-state index < -0.39 is 47.9 Å². The molecule has 3 aliphatic heterocycles. The molecule has 33 heteroatoms. The summed E-state index contributed by atoms with van der Waals surface area (Å²) >= 11 is 15.5. The molecule has 0 saturated carbocycles. The maximum absolute atomic E-state index is 13.6. The highest BCUT2D eigenvalue weighted by atomic mass is 79.9. The minimum absolute atomic E-state index is 0.0770. The minimum atomic E-state index is -2.71. The van der Waals surface area contributed by atoms with Crippen LogP contribution in [0.4, 0.5) is 38.2 Å². The van der Waals surface area contributed by atoms with Crippen LogP contribution in [0.15, 0.2) is 115 Å². The van der Waals surface area contributed by atoms with Crippen LogP contribution in [0.3, 0.4) is 0 Å². The number of anilines is 2. The molecule has 3 aliphatic rings. The van der Waals surface area contributed by atoms with Crippen LogP contribution in [-0.4, -0.2) is 174 Å². The van der Waals surface area contributed by atoms with E-state index in [0.29, 0.717) is 66.2 Å². The number of likely N-dealkylation sites (tertiary alicyclic amines) is 1. The van der Waals surface area contributed by atoms with Gasteiger partial charge in [-0.3, -0.25) is 4.79 Å². The van der Waals surface area contributed by atoms with Crippen molar-refractivity contribution in [3.8, 4) is 22.8 Å². The summed E-state index contributed by atoms with van der Waals surface area (Å²) in [5, 5.41) is 24.5. The highest BCUT2D eigenvalue weighted by Gasteiger charge is 2.38.